The molecule has 0 radical (unpaired) electrons. The Kier molecular flexibility index (Phi) is 2.74. The molecule has 1 N–H and O–H groups in total. The van der Waals surface area contributed by atoms with E-state index in [1.807, 2.05) is 30.3 Å². The van der Waals surface area contributed by atoms with Crippen molar-refractivity contribution < 1.29 is 10.0 Å². The van der Waals surface area contributed by atoms with E-state index in [1.165, 1.54) is 0 Å². The van der Waals surface area contributed by atoms with Crippen molar-refractivity contribution in [2.75, 3.05) is 6.54 Å². The molecule has 1 atom stereocenters. The van der Waals surface area contributed by atoms with E-state index in [1.54, 1.807) is 6.07 Å². The molecule has 4 rings (SSSR count). The van der Waals surface area contributed by atoms with E-state index in [4.69, 9.17) is 0 Å². The van der Waals surface area contributed by atoms with E-state index < -0.39 is 17.6 Å². The lowest BCUT2D eigenvalue weighted by Gasteiger charge is -2.15. The summed E-state index contributed by atoms with van der Waals surface area (Å²) in [5, 5.41) is 27.3. The fourth-order valence-electron chi connectivity index (χ4n) is 3.29. The molecular weight excluding hydrogens is 278 g/mol. The molecule has 0 saturated heterocycles. The average Bonchev–Trinajstić information content (AvgIpc) is 2.51. The quantitative estimate of drug-likeness (QED) is 0.354. The highest BCUT2D eigenvalue weighted by molar-refractivity contribution is 6.23. The Morgan fingerprint density at radius 2 is 1.50 bits per heavy atom. The van der Waals surface area contributed by atoms with Gasteiger partial charge in [0.15, 0.2) is 0 Å². The van der Waals surface area contributed by atoms with Gasteiger partial charge in [0.05, 0.1) is 0 Å². The molecule has 0 aliphatic rings. The van der Waals surface area contributed by atoms with Gasteiger partial charge in [0.1, 0.15) is 6.10 Å². The molecular formula is C18H13NO3. The second kappa shape index (κ2) is 4.64. The van der Waals surface area contributed by atoms with Crippen LogP contribution in [-0.4, -0.2) is 16.6 Å². The van der Waals surface area contributed by atoms with E-state index >= 15 is 0 Å². The number of benzene rings is 4. The van der Waals surface area contributed by atoms with Crippen molar-refractivity contribution in [3.63, 3.8) is 0 Å². The Morgan fingerprint density at radius 3 is 2.18 bits per heavy atom. The molecule has 0 amide bonds. The van der Waals surface area contributed by atoms with E-state index in [2.05, 4.69) is 18.2 Å². The second-order valence-electron chi connectivity index (χ2n) is 5.54. The zero-order chi connectivity index (χ0) is 15.3. The van der Waals surface area contributed by atoms with Gasteiger partial charge in [-0.2, -0.15) is 0 Å². The summed E-state index contributed by atoms with van der Waals surface area (Å²) in [7, 11) is 0. The van der Waals surface area contributed by atoms with Gasteiger partial charge in [0, 0.05) is 4.92 Å². The lowest BCUT2D eigenvalue weighted by Crippen LogP contribution is -2.12. The first kappa shape index (κ1) is 13.0. The number of aliphatic hydroxyl groups is 1. The van der Waals surface area contributed by atoms with Crippen LogP contribution in [0.1, 0.15) is 11.7 Å². The third-order valence-corrected chi connectivity index (χ3v) is 4.24. The zero-order valence-corrected chi connectivity index (χ0v) is 11.7. The number of nitro groups is 1. The summed E-state index contributed by atoms with van der Waals surface area (Å²) < 4.78 is 0. The summed E-state index contributed by atoms with van der Waals surface area (Å²) in [6.45, 7) is -0.482. The molecule has 108 valence electrons. The number of nitrogens with zero attached hydrogens (tertiary/aromatic N) is 1. The van der Waals surface area contributed by atoms with Gasteiger partial charge in [0.25, 0.3) is 0 Å². The van der Waals surface area contributed by atoms with Gasteiger partial charge >= 0.3 is 0 Å². The molecule has 0 spiro atoms. The third kappa shape index (κ3) is 1.81. The van der Waals surface area contributed by atoms with Crippen LogP contribution >= 0.6 is 0 Å². The normalized spacial score (nSPS) is 13.1. The third-order valence-electron chi connectivity index (χ3n) is 4.24. The van der Waals surface area contributed by atoms with Crippen molar-refractivity contribution in [2.24, 2.45) is 0 Å². The zero-order valence-electron chi connectivity index (χ0n) is 11.7. The van der Waals surface area contributed by atoms with Crippen LogP contribution in [0.5, 0.6) is 0 Å². The Bertz CT molecular complexity index is 993. The van der Waals surface area contributed by atoms with E-state index in [-0.39, 0.29) is 0 Å². The minimum atomic E-state index is -1.10. The molecule has 0 bridgehead atoms. The molecule has 4 heteroatoms. The summed E-state index contributed by atoms with van der Waals surface area (Å²) in [6.07, 6.45) is -1.10. The first-order valence-corrected chi connectivity index (χ1v) is 7.11. The molecule has 1 unspecified atom stereocenters. The smallest absolute Gasteiger partial charge is 0.233 e. The summed E-state index contributed by atoms with van der Waals surface area (Å²) in [5.74, 6) is 0. The van der Waals surface area contributed by atoms with Crippen LogP contribution in [-0.2, 0) is 0 Å². The van der Waals surface area contributed by atoms with Crippen LogP contribution in [0, 0.1) is 10.1 Å². The van der Waals surface area contributed by atoms with Crippen LogP contribution in [0.3, 0.4) is 0 Å². The van der Waals surface area contributed by atoms with Gasteiger partial charge in [-0.1, -0.05) is 54.6 Å². The van der Waals surface area contributed by atoms with Crippen LogP contribution < -0.4 is 0 Å². The number of rotatable bonds is 3. The van der Waals surface area contributed by atoms with E-state index in [0.29, 0.717) is 5.56 Å². The molecule has 0 saturated carbocycles. The maximum Gasteiger partial charge on any atom is 0.233 e. The molecule has 4 aromatic rings. The fourth-order valence-corrected chi connectivity index (χ4v) is 3.29. The van der Waals surface area contributed by atoms with Crippen molar-refractivity contribution in [3.8, 4) is 0 Å². The first-order chi connectivity index (χ1) is 10.6. The van der Waals surface area contributed by atoms with Gasteiger partial charge in [-0.15, -0.1) is 0 Å². The number of hydrogen-bond acceptors (Lipinski definition) is 3. The first-order valence-electron chi connectivity index (χ1n) is 7.11. The molecule has 0 aromatic heterocycles. The monoisotopic (exact) mass is 291 g/mol. The summed E-state index contributed by atoms with van der Waals surface area (Å²) >= 11 is 0. The van der Waals surface area contributed by atoms with Gasteiger partial charge in [0.2, 0.25) is 6.54 Å². The summed E-state index contributed by atoms with van der Waals surface area (Å²) in [5.41, 5.74) is 0.613. The lowest BCUT2D eigenvalue weighted by molar-refractivity contribution is -0.491. The van der Waals surface area contributed by atoms with Gasteiger partial charge in [-0.05, 0) is 37.9 Å². The largest absolute Gasteiger partial charge is 0.381 e. The Balaban J connectivity index is 2.10. The predicted octanol–water partition coefficient (Wildman–Crippen LogP) is 3.89. The van der Waals surface area contributed by atoms with Gasteiger partial charge in [-0.25, -0.2) is 0 Å². The average molecular weight is 291 g/mol. The molecule has 0 aliphatic heterocycles. The molecule has 0 heterocycles. The number of aliphatic hydroxyl groups excluding tert-OH is 1. The lowest BCUT2D eigenvalue weighted by atomic mass is 9.90. The minimum absolute atomic E-state index is 0.482. The van der Waals surface area contributed by atoms with Crippen LogP contribution in [0.15, 0.2) is 54.6 Å². The van der Waals surface area contributed by atoms with Crippen LogP contribution in [0.2, 0.25) is 0 Å². The van der Waals surface area contributed by atoms with Gasteiger partial charge in [-0.3, -0.25) is 10.1 Å². The topological polar surface area (TPSA) is 63.4 Å². The van der Waals surface area contributed by atoms with Crippen molar-refractivity contribution >= 4 is 32.3 Å². The standard InChI is InChI=1S/C18H13NO3/c20-16(10-19(21)22)14-8-6-13-5-4-11-2-1-3-12-7-9-15(14)18(13)17(11)12/h1-9,16,20H,10H2. The van der Waals surface area contributed by atoms with Crippen LogP contribution in [0.25, 0.3) is 32.3 Å². The highest BCUT2D eigenvalue weighted by Crippen LogP contribution is 2.37. The fraction of sp³-hybridized carbons (Fsp3) is 0.111. The SMILES string of the molecule is O=[N+]([O-])CC(O)c1ccc2ccc3cccc4ccc1c2c34. The van der Waals surface area contributed by atoms with Gasteiger partial charge < -0.3 is 5.11 Å². The van der Waals surface area contributed by atoms with Crippen molar-refractivity contribution in [1.29, 1.82) is 0 Å². The van der Waals surface area contributed by atoms with Crippen molar-refractivity contribution in [2.45, 2.75) is 6.10 Å². The molecule has 4 nitrogen and oxygen atoms in total. The van der Waals surface area contributed by atoms with Crippen molar-refractivity contribution in [1.82, 2.24) is 0 Å². The Hall–Kier alpha value is -2.72. The molecule has 0 fully saturated rings. The maximum atomic E-state index is 10.7. The van der Waals surface area contributed by atoms with Crippen LogP contribution in [0.4, 0.5) is 0 Å². The molecule has 4 aromatic carbocycles. The van der Waals surface area contributed by atoms with Crippen molar-refractivity contribution in [3.05, 3.63) is 70.3 Å². The summed E-state index contributed by atoms with van der Waals surface area (Å²) in [6, 6.07) is 17.9. The van der Waals surface area contributed by atoms with E-state index in [0.717, 1.165) is 32.3 Å². The molecule has 22 heavy (non-hydrogen) atoms. The molecule has 0 aliphatic carbocycles. The predicted molar refractivity (Wildman–Crippen MR) is 87.0 cm³/mol. The number of hydrogen-bond donors (Lipinski definition) is 1. The minimum Gasteiger partial charge on any atom is -0.381 e. The van der Waals surface area contributed by atoms with E-state index in [9.17, 15) is 15.2 Å². The highest BCUT2D eigenvalue weighted by Gasteiger charge is 2.19. The highest BCUT2D eigenvalue weighted by atomic mass is 16.6. The summed E-state index contributed by atoms with van der Waals surface area (Å²) in [4.78, 5) is 10.2. The second-order valence-corrected chi connectivity index (χ2v) is 5.54. The Labute approximate surface area is 126 Å². The maximum absolute atomic E-state index is 10.7. The Morgan fingerprint density at radius 1 is 0.909 bits per heavy atom.